The van der Waals surface area contributed by atoms with Gasteiger partial charge in [-0.05, 0) is 38.1 Å². The molecule has 7 nitrogen and oxygen atoms in total. The number of amides is 1. The number of hydrogen-bond donors (Lipinski definition) is 2. The lowest BCUT2D eigenvalue weighted by molar-refractivity contribution is -0.954. The van der Waals surface area contributed by atoms with Gasteiger partial charge in [-0.15, -0.1) is 0 Å². The fourth-order valence-electron chi connectivity index (χ4n) is 3.79. The summed E-state index contributed by atoms with van der Waals surface area (Å²) < 4.78 is 7.22. The Bertz CT molecular complexity index is 979. The third-order valence-corrected chi connectivity index (χ3v) is 5.66. The van der Waals surface area contributed by atoms with Crippen molar-refractivity contribution in [2.24, 2.45) is 0 Å². The van der Waals surface area contributed by atoms with Gasteiger partial charge in [0.15, 0.2) is 0 Å². The van der Waals surface area contributed by atoms with Crippen LogP contribution in [0.5, 0.6) is 0 Å². The molecular formula is C23H28N5O2+. The minimum absolute atomic E-state index is 0.0800. The van der Waals surface area contributed by atoms with E-state index in [-0.39, 0.29) is 11.4 Å². The zero-order chi connectivity index (χ0) is 21.0. The number of ether oxygens (including phenoxy) is 1. The van der Waals surface area contributed by atoms with Crippen molar-refractivity contribution in [3.05, 3.63) is 66.6 Å². The molecule has 2 aromatic heterocycles. The molecule has 0 atom stereocenters. The van der Waals surface area contributed by atoms with Gasteiger partial charge in [0.1, 0.15) is 24.3 Å². The molecule has 7 heteroatoms. The van der Waals surface area contributed by atoms with E-state index in [2.05, 4.69) is 24.1 Å². The Kier molecular flexibility index (Phi) is 5.92. The second-order valence-corrected chi connectivity index (χ2v) is 8.20. The molecule has 1 amide bonds. The van der Waals surface area contributed by atoms with Crippen molar-refractivity contribution < 1.29 is 14.4 Å². The summed E-state index contributed by atoms with van der Waals surface area (Å²) in [6, 6.07) is 13.6. The predicted molar refractivity (Wildman–Crippen MR) is 115 cm³/mol. The second kappa shape index (κ2) is 8.77. The molecule has 3 aromatic rings. The number of nitrogens with zero attached hydrogens (tertiary/aromatic N) is 3. The maximum Gasteiger partial charge on any atom is 0.255 e. The summed E-state index contributed by atoms with van der Waals surface area (Å²) >= 11 is 0. The molecule has 1 saturated heterocycles. The van der Waals surface area contributed by atoms with Gasteiger partial charge >= 0.3 is 0 Å². The fourth-order valence-corrected chi connectivity index (χ4v) is 3.79. The number of quaternary nitrogens is 1. The van der Waals surface area contributed by atoms with E-state index in [9.17, 15) is 4.79 Å². The molecule has 30 heavy (non-hydrogen) atoms. The molecule has 1 fully saturated rings. The molecule has 0 aliphatic carbocycles. The molecular weight excluding hydrogens is 378 g/mol. The Labute approximate surface area is 176 Å². The molecule has 1 aliphatic rings. The third-order valence-electron chi connectivity index (χ3n) is 5.66. The summed E-state index contributed by atoms with van der Waals surface area (Å²) in [6.07, 6.45) is 5.24. The first-order valence-corrected chi connectivity index (χ1v) is 10.3. The van der Waals surface area contributed by atoms with Crippen LogP contribution in [0.4, 0.5) is 0 Å². The van der Waals surface area contributed by atoms with Crippen LogP contribution in [0, 0.1) is 0 Å². The highest BCUT2D eigenvalue weighted by Gasteiger charge is 2.33. The Balaban J connectivity index is 1.58. The van der Waals surface area contributed by atoms with Crippen LogP contribution in [0.3, 0.4) is 0 Å². The van der Waals surface area contributed by atoms with Crippen LogP contribution >= 0.6 is 0 Å². The summed E-state index contributed by atoms with van der Waals surface area (Å²) in [7, 11) is 0. The van der Waals surface area contributed by atoms with Crippen LogP contribution in [0.2, 0.25) is 0 Å². The zero-order valence-electron chi connectivity index (χ0n) is 17.5. The van der Waals surface area contributed by atoms with Crippen LogP contribution in [0.1, 0.15) is 24.2 Å². The van der Waals surface area contributed by atoms with Gasteiger partial charge in [-0.25, -0.2) is 4.68 Å². The molecule has 1 aliphatic heterocycles. The second-order valence-electron chi connectivity index (χ2n) is 8.20. The van der Waals surface area contributed by atoms with Crippen molar-refractivity contribution in [1.29, 1.82) is 0 Å². The zero-order valence-corrected chi connectivity index (χ0v) is 17.5. The van der Waals surface area contributed by atoms with Gasteiger partial charge in [0.05, 0.1) is 31.0 Å². The number of pyridine rings is 1. The Morgan fingerprint density at radius 3 is 2.63 bits per heavy atom. The van der Waals surface area contributed by atoms with Gasteiger partial charge in [0, 0.05) is 24.2 Å². The first kappa shape index (κ1) is 20.3. The monoisotopic (exact) mass is 406 g/mol. The van der Waals surface area contributed by atoms with Crippen molar-refractivity contribution in [1.82, 2.24) is 20.1 Å². The van der Waals surface area contributed by atoms with E-state index < -0.39 is 0 Å². The summed E-state index contributed by atoms with van der Waals surface area (Å²) in [5.41, 5.74) is 2.80. The fraction of sp³-hybridized carbons (Fsp3) is 0.348. The lowest BCUT2D eigenvalue weighted by atomic mass is 10.0. The molecule has 0 spiro atoms. The molecule has 3 heterocycles. The van der Waals surface area contributed by atoms with Crippen molar-refractivity contribution >= 4 is 5.91 Å². The number of aromatic nitrogens is 3. The van der Waals surface area contributed by atoms with E-state index in [0.29, 0.717) is 17.8 Å². The first-order valence-electron chi connectivity index (χ1n) is 10.3. The van der Waals surface area contributed by atoms with Crippen LogP contribution in [-0.4, -0.2) is 59.1 Å². The lowest BCUT2D eigenvalue weighted by Crippen LogP contribution is -3.22. The van der Waals surface area contributed by atoms with Crippen molar-refractivity contribution in [2.45, 2.75) is 19.4 Å². The summed E-state index contributed by atoms with van der Waals surface area (Å²) in [5.74, 6) is -0.128. The number of rotatable bonds is 6. The Morgan fingerprint density at radius 2 is 1.93 bits per heavy atom. The van der Waals surface area contributed by atoms with Crippen LogP contribution < -0.4 is 10.2 Å². The molecule has 0 radical (unpaired) electrons. The van der Waals surface area contributed by atoms with Crippen LogP contribution in [0.25, 0.3) is 16.9 Å². The quantitative estimate of drug-likeness (QED) is 0.648. The smallest absolute Gasteiger partial charge is 0.255 e. The van der Waals surface area contributed by atoms with Crippen molar-refractivity contribution in [3.8, 4) is 16.9 Å². The van der Waals surface area contributed by atoms with E-state index in [1.165, 1.54) is 4.90 Å². The number of hydrogen-bond acceptors (Lipinski definition) is 4. The molecule has 0 saturated carbocycles. The number of para-hydroxylation sites is 1. The molecule has 156 valence electrons. The molecule has 2 N–H and O–H groups in total. The summed E-state index contributed by atoms with van der Waals surface area (Å²) in [5, 5.41) is 7.84. The van der Waals surface area contributed by atoms with E-state index in [0.717, 1.165) is 37.6 Å². The van der Waals surface area contributed by atoms with Gasteiger partial charge in [-0.1, -0.05) is 18.2 Å². The predicted octanol–water partition coefficient (Wildman–Crippen LogP) is 1.36. The maximum absolute atomic E-state index is 13.2. The highest BCUT2D eigenvalue weighted by Crippen LogP contribution is 2.23. The van der Waals surface area contributed by atoms with Crippen LogP contribution in [0.15, 0.2) is 61.1 Å². The Morgan fingerprint density at radius 1 is 1.17 bits per heavy atom. The van der Waals surface area contributed by atoms with Crippen molar-refractivity contribution in [3.63, 3.8) is 0 Å². The third kappa shape index (κ3) is 4.42. The molecule has 4 rings (SSSR count). The largest absolute Gasteiger partial charge is 0.370 e. The van der Waals surface area contributed by atoms with Gasteiger partial charge < -0.3 is 15.0 Å². The van der Waals surface area contributed by atoms with E-state index >= 15 is 0 Å². The van der Waals surface area contributed by atoms with E-state index in [4.69, 9.17) is 9.84 Å². The minimum atomic E-state index is -0.128. The molecule has 1 aromatic carbocycles. The van der Waals surface area contributed by atoms with E-state index in [1.807, 2.05) is 42.5 Å². The number of carbonyl (C=O) groups excluding carboxylic acids is 1. The van der Waals surface area contributed by atoms with E-state index in [1.54, 1.807) is 23.3 Å². The average Bonchev–Trinajstić information content (AvgIpc) is 3.25. The standard InChI is InChI=1S/C23H27N5O2/c1-23(2,27-11-13-30-14-12-27)17-25-22(29)20-16-28(19-8-4-3-5-9-19)26-21(20)18-7-6-10-24-15-18/h3-10,15-16H,11-14,17H2,1-2H3,(H,25,29)/p+1. The topological polar surface area (TPSA) is 73.5 Å². The number of morpholine rings is 1. The SMILES string of the molecule is CC(C)(CNC(=O)c1cn(-c2ccccc2)nc1-c1cccnc1)[NH+]1CCOCC1. The van der Waals surface area contributed by atoms with Gasteiger partial charge in [0.2, 0.25) is 0 Å². The number of benzene rings is 1. The highest BCUT2D eigenvalue weighted by molar-refractivity contribution is 5.99. The summed E-state index contributed by atoms with van der Waals surface area (Å²) in [4.78, 5) is 18.8. The van der Waals surface area contributed by atoms with Crippen LogP contribution in [-0.2, 0) is 4.74 Å². The number of carbonyl (C=O) groups is 1. The van der Waals surface area contributed by atoms with Gasteiger partial charge in [-0.2, -0.15) is 5.10 Å². The molecule has 0 bridgehead atoms. The highest BCUT2D eigenvalue weighted by atomic mass is 16.5. The maximum atomic E-state index is 13.2. The molecule has 0 unspecified atom stereocenters. The average molecular weight is 407 g/mol. The van der Waals surface area contributed by atoms with Gasteiger partial charge in [0.25, 0.3) is 5.91 Å². The van der Waals surface area contributed by atoms with Gasteiger partial charge in [-0.3, -0.25) is 9.78 Å². The van der Waals surface area contributed by atoms with Crippen molar-refractivity contribution in [2.75, 3.05) is 32.8 Å². The lowest BCUT2D eigenvalue weighted by Gasteiger charge is -2.37. The minimum Gasteiger partial charge on any atom is -0.370 e. The Hall–Kier alpha value is -3.03. The first-order chi connectivity index (χ1) is 14.5. The summed E-state index contributed by atoms with van der Waals surface area (Å²) in [6.45, 7) is 8.38. The normalized spacial score (nSPS) is 15.1. The number of nitrogens with one attached hydrogen (secondary N) is 2.